The van der Waals surface area contributed by atoms with Gasteiger partial charge in [-0.3, -0.25) is 10.2 Å². The molecule has 1 aromatic heterocycles. The third-order valence-corrected chi connectivity index (χ3v) is 2.98. The molecule has 0 aliphatic rings. The number of nitrogens with two attached hydrogens (primary N) is 1. The zero-order valence-electron chi connectivity index (χ0n) is 10.8. The maximum atomic E-state index is 12.1. The van der Waals surface area contributed by atoms with Crippen LogP contribution in [-0.2, 0) is 7.05 Å². The van der Waals surface area contributed by atoms with Crippen LogP contribution in [0.25, 0.3) is 11.3 Å². The Labute approximate surface area is 110 Å². The molecule has 0 unspecified atom stereocenters. The number of ether oxygens (including phenoxy) is 1. The van der Waals surface area contributed by atoms with Gasteiger partial charge in [0.25, 0.3) is 5.56 Å². The number of methoxy groups -OCH3 is 1. The van der Waals surface area contributed by atoms with E-state index >= 15 is 0 Å². The molecule has 3 N–H and O–H groups in total. The lowest BCUT2D eigenvalue weighted by molar-refractivity contribution is 0.416. The molecule has 1 heterocycles. The van der Waals surface area contributed by atoms with Crippen LogP contribution in [0.1, 0.15) is 5.56 Å². The Morgan fingerprint density at radius 1 is 1.26 bits per heavy atom. The van der Waals surface area contributed by atoms with E-state index in [1.165, 1.54) is 4.57 Å². The lowest BCUT2D eigenvalue weighted by Crippen LogP contribution is -2.28. The summed E-state index contributed by atoms with van der Waals surface area (Å²) in [6.07, 6.45) is 0. The molecule has 0 saturated heterocycles. The molecule has 0 saturated carbocycles. The van der Waals surface area contributed by atoms with Crippen LogP contribution in [0.3, 0.4) is 0 Å². The Morgan fingerprint density at radius 3 is 2.58 bits per heavy atom. The van der Waals surface area contributed by atoms with Crippen LogP contribution in [0.4, 0.5) is 0 Å². The number of nitrogens with zero attached hydrogens (tertiary/aromatic N) is 1. The second-order valence-corrected chi connectivity index (χ2v) is 4.11. The molecule has 5 heteroatoms. The summed E-state index contributed by atoms with van der Waals surface area (Å²) in [4.78, 5) is 12.1. The van der Waals surface area contributed by atoms with Crippen molar-refractivity contribution >= 4 is 5.84 Å². The molecule has 0 aliphatic carbocycles. The number of rotatable bonds is 3. The first-order chi connectivity index (χ1) is 9.06. The van der Waals surface area contributed by atoms with Gasteiger partial charge in [-0.2, -0.15) is 0 Å². The number of nitrogens with one attached hydrogen (secondary N) is 1. The summed E-state index contributed by atoms with van der Waals surface area (Å²) in [6, 6.07) is 10.8. The monoisotopic (exact) mass is 257 g/mol. The number of aromatic nitrogens is 1. The van der Waals surface area contributed by atoms with E-state index in [-0.39, 0.29) is 17.0 Å². The first kappa shape index (κ1) is 12.9. The van der Waals surface area contributed by atoms with Gasteiger partial charge in [0.05, 0.1) is 18.4 Å². The quantitative estimate of drug-likeness (QED) is 0.643. The molecule has 2 aromatic rings. The topological polar surface area (TPSA) is 81.1 Å². The molecule has 2 rings (SSSR count). The zero-order valence-corrected chi connectivity index (χ0v) is 10.8. The van der Waals surface area contributed by atoms with E-state index in [1.807, 2.05) is 24.3 Å². The highest BCUT2D eigenvalue weighted by Crippen LogP contribution is 2.28. The number of hydrogen-bond donors (Lipinski definition) is 2. The van der Waals surface area contributed by atoms with Crippen molar-refractivity contribution in [2.45, 2.75) is 0 Å². The fourth-order valence-corrected chi connectivity index (χ4v) is 1.97. The molecule has 98 valence electrons. The molecule has 0 aliphatic heterocycles. The Hall–Kier alpha value is -2.56. The second-order valence-electron chi connectivity index (χ2n) is 4.11. The van der Waals surface area contributed by atoms with Gasteiger partial charge in [-0.15, -0.1) is 0 Å². The average Bonchev–Trinajstić information content (AvgIpc) is 2.41. The number of benzene rings is 1. The Kier molecular flexibility index (Phi) is 3.37. The normalized spacial score (nSPS) is 10.2. The third-order valence-electron chi connectivity index (χ3n) is 2.98. The molecule has 0 atom stereocenters. The van der Waals surface area contributed by atoms with Gasteiger partial charge in [0.15, 0.2) is 0 Å². The summed E-state index contributed by atoms with van der Waals surface area (Å²) < 4.78 is 6.76. The van der Waals surface area contributed by atoms with E-state index in [9.17, 15) is 4.79 Å². The van der Waals surface area contributed by atoms with Crippen LogP contribution in [0.15, 0.2) is 41.2 Å². The SMILES string of the molecule is COc1ccccc1-c1ccc(C(=N)N)c(=O)n1C. The molecule has 0 spiro atoms. The minimum Gasteiger partial charge on any atom is -0.496 e. The van der Waals surface area contributed by atoms with Crippen LogP contribution in [0.2, 0.25) is 0 Å². The van der Waals surface area contributed by atoms with E-state index in [0.717, 1.165) is 5.56 Å². The van der Waals surface area contributed by atoms with E-state index in [0.29, 0.717) is 11.4 Å². The molecule has 0 radical (unpaired) electrons. The Bertz CT molecular complexity index is 689. The molecule has 0 fully saturated rings. The molecule has 0 bridgehead atoms. The van der Waals surface area contributed by atoms with Gasteiger partial charge in [-0.1, -0.05) is 12.1 Å². The van der Waals surface area contributed by atoms with Crippen molar-refractivity contribution in [3.63, 3.8) is 0 Å². The summed E-state index contributed by atoms with van der Waals surface area (Å²) in [7, 11) is 3.23. The number of hydrogen-bond acceptors (Lipinski definition) is 3. The Morgan fingerprint density at radius 2 is 1.95 bits per heavy atom. The maximum absolute atomic E-state index is 12.1. The van der Waals surface area contributed by atoms with Crippen molar-refractivity contribution < 1.29 is 4.74 Å². The molecular formula is C14H15N3O2. The fraction of sp³-hybridized carbons (Fsp3) is 0.143. The first-order valence-electron chi connectivity index (χ1n) is 5.74. The van der Waals surface area contributed by atoms with Crippen LogP contribution < -0.4 is 16.0 Å². The van der Waals surface area contributed by atoms with Gasteiger partial charge in [0.2, 0.25) is 0 Å². The smallest absolute Gasteiger partial charge is 0.261 e. The summed E-state index contributed by atoms with van der Waals surface area (Å²) >= 11 is 0. The van der Waals surface area contributed by atoms with E-state index < -0.39 is 0 Å². The van der Waals surface area contributed by atoms with Crippen molar-refractivity contribution in [1.82, 2.24) is 4.57 Å². The van der Waals surface area contributed by atoms with Crippen molar-refractivity contribution in [2.75, 3.05) is 7.11 Å². The van der Waals surface area contributed by atoms with Gasteiger partial charge in [0, 0.05) is 12.6 Å². The van der Waals surface area contributed by atoms with Gasteiger partial charge in [-0.05, 0) is 24.3 Å². The zero-order chi connectivity index (χ0) is 14.0. The molecule has 1 aromatic carbocycles. The summed E-state index contributed by atoms with van der Waals surface area (Å²) in [5.74, 6) is 0.459. The lowest BCUT2D eigenvalue weighted by atomic mass is 10.1. The van der Waals surface area contributed by atoms with Crippen molar-refractivity contribution in [1.29, 1.82) is 5.41 Å². The average molecular weight is 257 g/mol. The predicted octanol–water partition coefficient (Wildman–Crippen LogP) is 1.34. The lowest BCUT2D eigenvalue weighted by Gasteiger charge is -2.13. The van der Waals surface area contributed by atoms with Crippen LogP contribution in [-0.4, -0.2) is 17.5 Å². The predicted molar refractivity (Wildman–Crippen MR) is 74.7 cm³/mol. The third kappa shape index (κ3) is 2.22. The molecule has 5 nitrogen and oxygen atoms in total. The van der Waals surface area contributed by atoms with Gasteiger partial charge in [-0.25, -0.2) is 0 Å². The molecular weight excluding hydrogens is 242 g/mol. The van der Waals surface area contributed by atoms with Gasteiger partial charge >= 0.3 is 0 Å². The van der Waals surface area contributed by atoms with Crippen molar-refractivity contribution in [3.8, 4) is 17.0 Å². The number of pyridine rings is 1. The number of nitrogen functional groups attached to an aromatic ring is 1. The summed E-state index contributed by atoms with van der Waals surface area (Å²) in [5.41, 5.74) is 6.81. The number of para-hydroxylation sites is 1. The highest BCUT2D eigenvalue weighted by atomic mass is 16.5. The second kappa shape index (κ2) is 4.97. The van der Waals surface area contributed by atoms with Crippen LogP contribution in [0, 0.1) is 5.41 Å². The standard InChI is InChI=1S/C14H15N3O2/c1-17-11(8-7-10(13(15)16)14(17)18)9-5-3-4-6-12(9)19-2/h3-8H,1-2H3,(H3,15,16). The van der Waals surface area contributed by atoms with Gasteiger partial charge in [0.1, 0.15) is 11.6 Å². The van der Waals surface area contributed by atoms with E-state index in [1.54, 1.807) is 26.3 Å². The molecule has 19 heavy (non-hydrogen) atoms. The summed E-state index contributed by atoms with van der Waals surface area (Å²) in [5, 5.41) is 7.37. The van der Waals surface area contributed by atoms with Crippen LogP contribution >= 0.6 is 0 Å². The minimum atomic E-state index is -0.295. The number of amidine groups is 1. The first-order valence-corrected chi connectivity index (χ1v) is 5.74. The van der Waals surface area contributed by atoms with Gasteiger partial charge < -0.3 is 15.0 Å². The van der Waals surface area contributed by atoms with Crippen molar-refractivity contribution in [3.05, 3.63) is 52.3 Å². The largest absolute Gasteiger partial charge is 0.496 e. The fourth-order valence-electron chi connectivity index (χ4n) is 1.97. The highest BCUT2D eigenvalue weighted by molar-refractivity contribution is 5.94. The van der Waals surface area contributed by atoms with E-state index in [2.05, 4.69) is 0 Å². The van der Waals surface area contributed by atoms with Crippen molar-refractivity contribution in [2.24, 2.45) is 12.8 Å². The Balaban J connectivity index is 2.68. The van der Waals surface area contributed by atoms with E-state index in [4.69, 9.17) is 15.9 Å². The summed E-state index contributed by atoms with van der Waals surface area (Å²) in [6.45, 7) is 0. The van der Waals surface area contributed by atoms with Crippen LogP contribution in [0.5, 0.6) is 5.75 Å². The highest BCUT2D eigenvalue weighted by Gasteiger charge is 2.12. The minimum absolute atomic E-state index is 0.196. The maximum Gasteiger partial charge on any atom is 0.261 e. The molecule has 0 amide bonds.